The molecule has 0 aromatic heterocycles. The molecule has 1 unspecified atom stereocenters. The third-order valence-electron chi connectivity index (χ3n) is 3.42. The number of urea groups is 1. The molecular formula is C17H23N3O3. The molecule has 3 amide bonds. The van der Waals surface area contributed by atoms with Crippen molar-refractivity contribution in [3.63, 3.8) is 0 Å². The van der Waals surface area contributed by atoms with Crippen LogP contribution in [0.1, 0.15) is 26.2 Å². The van der Waals surface area contributed by atoms with E-state index in [0.717, 1.165) is 18.4 Å². The molecule has 1 fully saturated rings. The van der Waals surface area contributed by atoms with Crippen molar-refractivity contribution in [2.24, 2.45) is 0 Å². The Balaban J connectivity index is 1.90. The fourth-order valence-corrected chi connectivity index (χ4v) is 2.27. The minimum absolute atomic E-state index is 0.129. The van der Waals surface area contributed by atoms with Crippen LogP contribution in [0.4, 0.5) is 10.5 Å². The minimum Gasteiger partial charge on any atom is -0.489 e. The maximum absolute atomic E-state index is 12.1. The van der Waals surface area contributed by atoms with Gasteiger partial charge in [-0.15, -0.1) is 0 Å². The molecular weight excluding hydrogens is 294 g/mol. The number of ether oxygens (including phenoxy) is 1. The summed E-state index contributed by atoms with van der Waals surface area (Å²) in [6.45, 7) is 6.76. The van der Waals surface area contributed by atoms with Crippen LogP contribution in [0.3, 0.4) is 0 Å². The Kier molecular flexibility index (Phi) is 6.02. The largest absolute Gasteiger partial charge is 0.489 e. The summed E-state index contributed by atoms with van der Waals surface area (Å²) in [6, 6.07) is 6.21. The molecule has 1 aliphatic heterocycles. The van der Waals surface area contributed by atoms with Crippen LogP contribution in [0, 0.1) is 0 Å². The van der Waals surface area contributed by atoms with E-state index >= 15 is 0 Å². The van der Waals surface area contributed by atoms with Crippen LogP contribution in [-0.4, -0.2) is 31.1 Å². The fraction of sp³-hybridized carbons (Fsp3) is 0.412. The summed E-state index contributed by atoms with van der Waals surface area (Å²) >= 11 is 0. The van der Waals surface area contributed by atoms with E-state index in [9.17, 15) is 9.59 Å². The van der Waals surface area contributed by atoms with Crippen molar-refractivity contribution in [2.75, 3.05) is 18.5 Å². The summed E-state index contributed by atoms with van der Waals surface area (Å²) in [5.41, 5.74) is 1.52. The number of carbonyl (C=O) groups is 2. The molecule has 1 aliphatic rings. The van der Waals surface area contributed by atoms with Crippen LogP contribution >= 0.6 is 0 Å². The second-order valence-corrected chi connectivity index (χ2v) is 5.71. The molecule has 2 rings (SSSR count). The average Bonchev–Trinajstić information content (AvgIpc) is 2.70. The van der Waals surface area contributed by atoms with E-state index in [-0.39, 0.29) is 5.91 Å². The zero-order valence-corrected chi connectivity index (χ0v) is 13.4. The number of rotatable bonds is 5. The molecule has 6 nitrogen and oxygen atoms in total. The fourth-order valence-electron chi connectivity index (χ4n) is 2.27. The summed E-state index contributed by atoms with van der Waals surface area (Å²) < 4.78 is 5.54. The van der Waals surface area contributed by atoms with Gasteiger partial charge >= 0.3 is 6.03 Å². The highest BCUT2D eigenvalue weighted by Gasteiger charge is 2.22. The van der Waals surface area contributed by atoms with Gasteiger partial charge in [0.15, 0.2) is 0 Å². The molecule has 1 aromatic carbocycles. The molecule has 124 valence electrons. The molecule has 0 saturated carbocycles. The van der Waals surface area contributed by atoms with Crippen molar-refractivity contribution in [2.45, 2.75) is 32.2 Å². The van der Waals surface area contributed by atoms with Crippen LogP contribution < -0.4 is 20.7 Å². The highest BCUT2D eigenvalue weighted by atomic mass is 16.5. The van der Waals surface area contributed by atoms with Gasteiger partial charge in [0.25, 0.3) is 0 Å². The Labute approximate surface area is 136 Å². The van der Waals surface area contributed by atoms with Gasteiger partial charge in [-0.3, -0.25) is 4.79 Å². The maximum atomic E-state index is 12.1. The lowest BCUT2D eigenvalue weighted by Crippen LogP contribution is -2.46. The van der Waals surface area contributed by atoms with Gasteiger partial charge in [-0.25, -0.2) is 4.79 Å². The predicted octanol–water partition coefficient (Wildman–Crippen LogP) is 2.43. The van der Waals surface area contributed by atoms with Gasteiger partial charge in [0, 0.05) is 18.3 Å². The molecule has 0 spiro atoms. The average molecular weight is 317 g/mol. The first-order valence-electron chi connectivity index (χ1n) is 7.77. The van der Waals surface area contributed by atoms with Gasteiger partial charge in [-0.1, -0.05) is 12.6 Å². The van der Waals surface area contributed by atoms with Crippen LogP contribution in [0.5, 0.6) is 5.75 Å². The number of hydrogen-bond acceptors (Lipinski definition) is 3. The van der Waals surface area contributed by atoms with Crippen LogP contribution in [0.15, 0.2) is 36.4 Å². The standard InChI is InChI=1S/C17H23N3O3/c1-12(2)11-23-14-7-5-6-13(10-14)19-17(22)20-15-8-3-4-9-18-16(15)21/h5-7,10,15H,1,3-4,8-9,11H2,2H3,(H,18,21)(H2,19,20,22). The van der Waals surface area contributed by atoms with Gasteiger partial charge < -0.3 is 20.7 Å². The van der Waals surface area contributed by atoms with Crippen molar-refractivity contribution < 1.29 is 14.3 Å². The Hall–Kier alpha value is -2.50. The number of carbonyl (C=O) groups excluding carboxylic acids is 2. The maximum Gasteiger partial charge on any atom is 0.319 e. The lowest BCUT2D eigenvalue weighted by Gasteiger charge is -2.16. The molecule has 0 bridgehead atoms. The van der Waals surface area contributed by atoms with Gasteiger partial charge in [0.2, 0.25) is 5.91 Å². The highest BCUT2D eigenvalue weighted by molar-refractivity contribution is 5.93. The second-order valence-electron chi connectivity index (χ2n) is 5.71. The number of amides is 3. The monoisotopic (exact) mass is 317 g/mol. The van der Waals surface area contributed by atoms with E-state index in [0.29, 0.717) is 31.0 Å². The molecule has 1 atom stereocenters. The quantitative estimate of drug-likeness (QED) is 0.730. The lowest BCUT2D eigenvalue weighted by molar-refractivity contribution is -0.122. The third kappa shape index (κ3) is 5.65. The topological polar surface area (TPSA) is 79.5 Å². The summed E-state index contributed by atoms with van der Waals surface area (Å²) in [7, 11) is 0. The zero-order valence-electron chi connectivity index (χ0n) is 13.4. The molecule has 0 aliphatic carbocycles. The van der Waals surface area contributed by atoms with Crippen molar-refractivity contribution in [3.8, 4) is 5.75 Å². The van der Waals surface area contributed by atoms with Crippen molar-refractivity contribution in [1.82, 2.24) is 10.6 Å². The van der Waals surface area contributed by atoms with Crippen LogP contribution in [-0.2, 0) is 4.79 Å². The van der Waals surface area contributed by atoms with E-state index in [1.54, 1.807) is 18.2 Å². The minimum atomic E-state index is -0.486. The van der Waals surface area contributed by atoms with Crippen molar-refractivity contribution in [3.05, 3.63) is 36.4 Å². The van der Waals surface area contributed by atoms with E-state index in [4.69, 9.17) is 4.74 Å². The highest BCUT2D eigenvalue weighted by Crippen LogP contribution is 2.18. The number of anilines is 1. The van der Waals surface area contributed by atoms with Crippen molar-refractivity contribution in [1.29, 1.82) is 0 Å². The third-order valence-corrected chi connectivity index (χ3v) is 3.42. The van der Waals surface area contributed by atoms with Gasteiger partial charge in [0.1, 0.15) is 18.4 Å². The Morgan fingerprint density at radius 1 is 1.43 bits per heavy atom. The number of nitrogens with one attached hydrogen (secondary N) is 3. The van der Waals surface area contributed by atoms with Crippen molar-refractivity contribution >= 4 is 17.6 Å². The van der Waals surface area contributed by atoms with Crippen LogP contribution in [0.25, 0.3) is 0 Å². The van der Waals surface area contributed by atoms with Crippen LogP contribution in [0.2, 0.25) is 0 Å². The van der Waals surface area contributed by atoms with Gasteiger partial charge in [0.05, 0.1) is 0 Å². The SMILES string of the molecule is C=C(C)COc1cccc(NC(=O)NC2CCCCNC2=O)c1. The Morgan fingerprint density at radius 2 is 2.26 bits per heavy atom. The molecule has 1 aromatic rings. The smallest absolute Gasteiger partial charge is 0.319 e. The molecule has 23 heavy (non-hydrogen) atoms. The zero-order chi connectivity index (χ0) is 16.7. The van der Waals surface area contributed by atoms with Gasteiger partial charge in [-0.2, -0.15) is 0 Å². The first kappa shape index (κ1) is 16.9. The predicted molar refractivity (Wildman–Crippen MR) is 89.6 cm³/mol. The summed E-state index contributed by atoms with van der Waals surface area (Å²) in [5, 5.41) is 8.23. The van der Waals surface area contributed by atoms with E-state index in [1.807, 2.05) is 13.0 Å². The normalized spacial score (nSPS) is 17.6. The number of benzene rings is 1. The molecule has 0 radical (unpaired) electrons. The lowest BCUT2D eigenvalue weighted by atomic mass is 10.1. The number of hydrogen-bond donors (Lipinski definition) is 3. The molecule has 6 heteroatoms. The van der Waals surface area contributed by atoms with E-state index in [2.05, 4.69) is 22.5 Å². The molecule has 1 heterocycles. The van der Waals surface area contributed by atoms with E-state index < -0.39 is 12.1 Å². The first-order valence-corrected chi connectivity index (χ1v) is 7.77. The second kappa shape index (κ2) is 8.22. The van der Waals surface area contributed by atoms with E-state index in [1.165, 1.54) is 0 Å². The Bertz CT molecular complexity index is 586. The Morgan fingerprint density at radius 3 is 3.04 bits per heavy atom. The summed E-state index contributed by atoms with van der Waals surface area (Å²) in [5.74, 6) is 0.522. The summed E-state index contributed by atoms with van der Waals surface area (Å²) in [6.07, 6.45) is 2.50. The molecule has 1 saturated heterocycles. The molecule has 3 N–H and O–H groups in total. The summed E-state index contributed by atoms with van der Waals surface area (Å²) in [4.78, 5) is 23.9. The van der Waals surface area contributed by atoms with Gasteiger partial charge in [-0.05, 0) is 43.9 Å². The first-order chi connectivity index (χ1) is 11.0.